The number of fused-ring (bicyclic) bond motifs is 6. The maximum atomic E-state index is 4.95. The Bertz CT molecular complexity index is 1830. The molecule has 6 heteroatoms. The van der Waals surface area contributed by atoms with Gasteiger partial charge in [0.2, 0.25) is 0 Å². The van der Waals surface area contributed by atoms with Gasteiger partial charge in [0.15, 0.2) is 0 Å². The monoisotopic (exact) mass is 568 g/mol. The Balaban J connectivity index is 1.04. The molecule has 43 heavy (non-hydrogen) atoms. The number of hydrogen-bond acceptors (Lipinski definition) is 4. The lowest BCUT2D eigenvalue weighted by atomic mass is 9.81. The third kappa shape index (κ3) is 4.29. The number of aromatic amines is 2. The Kier molecular flexibility index (Phi) is 5.92. The molecule has 4 aliphatic rings. The summed E-state index contributed by atoms with van der Waals surface area (Å²) in [7, 11) is 0. The quantitative estimate of drug-likeness (QED) is 0.173. The van der Waals surface area contributed by atoms with E-state index in [1.807, 2.05) is 6.20 Å². The number of H-pyrrole nitrogens is 2. The summed E-state index contributed by atoms with van der Waals surface area (Å²) in [4.78, 5) is 16.9. The molecule has 0 amide bonds. The SMILES string of the molecule is CC1CNC(c2ncc(-c3ccc(-c4ccc(-c5ccc6nc(C7CC(C)CN7)[nH]c6c5)c5c4C4CCC5C4)cc3)[nH]2)C1. The molecule has 218 valence electrons. The molecule has 4 N–H and O–H groups in total. The molecule has 0 radical (unpaired) electrons. The van der Waals surface area contributed by atoms with Gasteiger partial charge in [0, 0.05) is 0 Å². The molecule has 0 spiro atoms. The highest BCUT2D eigenvalue weighted by molar-refractivity contribution is 5.86. The van der Waals surface area contributed by atoms with Gasteiger partial charge in [0.05, 0.1) is 35.0 Å². The van der Waals surface area contributed by atoms with Gasteiger partial charge in [-0.15, -0.1) is 0 Å². The second kappa shape index (κ2) is 9.90. The maximum Gasteiger partial charge on any atom is 0.124 e. The second-order valence-corrected chi connectivity index (χ2v) is 13.9. The molecule has 2 aromatic heterocycles. The van der Waals surface area contributed by atoms with Crippen LogP contribution in [0.5, 0.6) is 0 Å². The lowest BCUT2D eigenvalue weighted by Crippen LogP contribution is -2.14. The van der Waals surface area contributed by atoms with Crippen molar-refractivity contribution in [1.29, 1.82) is 0 Å². The van der Waals surface area contributed by atoms with Crippen molar-refractivity contribution < 1.29 is 0 Å². The van der Waals surface area contributed by atoms with Crippen LogP contribution in [0.1, 0.15) is 92.6 Å². The van der Waals surface area contributed by atoms with Crippen LogP contribution in [-0.4, -0.2) is 33.0 Å². The Hall–Kier alpha value is -3.74. The van der Waals surface area contributed by atoms with Crippen LogP contribution in [0.25, 0.3) is 44.5 Å². The van der Waals surface area contributed by atoms with Gasteiger partial charge in [0.1, 0.15) is 11.6 Å². The summed E-state index contributed by atoms with van der Waals surface area (Å²) in [5.41, 5.74) is 13.1. The largest absolute Gasteiger partial charge is 0.341 e. The summed E-state index contributed by atoms with van der Waals surface area (Å²) in [6, 6.07) is 21.4. The molecule has 4 heterocycles. The summed E-state index contributed by atoms with van der Waals surface area (Å²) in [6.07, 6.45) is 8.20. The number of benzene rings is 3. The first-order chi connectivity index (χ1) is 21.1. The van der Waals surface area contributed by atoms with E-state index in [1.165, 1.54) is 47.1 Å². The minimum atomic E-state index is 0.333. The molecule has 2 bridgehead atoms. The normalized spacial score (nSPS) is 27.9. The number of nitrogens with zero attached hydrogens (tertiary/aromatic N) is 2. The third-order valence-corrected chi connectivity index (χ3v) is 10.8. The zero-order valence-electron chi connectivity index (χ0n) is 25.1. The van der Waals surface area contributed by atoms with Crippen LogP contribution in [0.4, 0.5) is 0 Å². The molecule has 2 aliphatic heterocycles. The van der Waals surface area contributed by atoms with Crippen molar-refractivity contribution in [2.24, 2.45) is 11.8 Å². The summed E-state index contributed by atoms with van der Waals surface area (Å²) >= 11 is 0. The fourth-order valence-corrected chi connectivity index (χ4v) is 8.62. The number of nitrogens with one attached hydrogen (secondary N) is 4. The molecule has 2 aliphatic carbocycles. The van der Waals surface area contributed by atoms with Gasteiger partial charge in [-0.05, 0) is 120 Å². The second-order valence-electron chi connectivity index (χ2n) is 13.9. The van der Waals surface area contributed by atoms with E-state index in [1.54, 1.807) is 11.1 Å². The van der Waals surface area contributed by atoms with Gasteiger partial charge in [-0.25, -0.2) is 9.97 Å². The van der Waals surface area contributed by atoms with Crippen LogP contribution < -0.4 is 10.6 Å². The third-order valence-electron chi connectivity index (χ3n) is 10.8. The van der Waals surface area contributed by atoms with Crippen molar-refractivity contribution in [3.63, 3.8) is 0 Å². The highest BCUT2D eigenvalue weighted by Gasteiger charge is 2.40. The van der Waals surface area contributed by atoms with E-state index in [0.717, 1.165) is 54.3 Å². The highest BCUT2D eigenvalue weighted by Crippen LogP contribution is 2.58. The van der Waals surface area contributed by atoms with Crippen LogP contribution >= 0.6 is 0 Å². The summed E-state index contributed by atoms with van der Waals surface area (Å²) in [5.74, 6) is 4.87. The minimum absolute atomic E-state index is 0.333. The summed E-state index contributed by atoms with van der Waals surface area (Å²) in [6.45, 7) is 6.74. The van der Waals surface area contributed by atoms with Crippen LogP contribution in [0.15, 0.2) is 60.8 Å². The number of aromatic nitrogens is 4. The van der Waals surface area contributed by atoms with Gasteiger partial charge < -0.3 is 20.6 Å². The lowest BCUT2D eigenvalue weighted by molar-refractivity contribution is 0.588. The van der Waals surface area contributed by atoms with Gasteiger partial charge in [-0.2, -0.15) is 0 Å². The Morgan fingerprint density at radius 3 is 1.95 bits per heavy atom. The van der Waals surface area contributed by atoms with E-state index in [4.69, 9.17) is 9.97 Å². The molecule has 2 saturated heterocycles. The van der Waals surface area contributed by atoms with Crippen molar-refractivity contribution >= 4 is 11.0 Å². The number of rotatable bonds is 5. The highest BCUT2D eigenvalue weighted by atomic mass is 15.1. The van der Waals surface area contributed by atoms with Crippen LogP contribution in [0, 0.1) is 11.8 Å². The maximum absolute atomic E-state index is 4.95. The van der Waals surface area contributed by atoms with E-state index in [9.17, 15) is 0 Å². The van der Waals surface area contributed by atoms with E-state index in [-0.39, 0.29) is 0 Å². The molecule has 3 aromatic carbocycles. The molecule has 6 unspecified atom stereocenters. The summed E-state index contributed by atoms with van der Waals surface area (Å²) < 4.78 is 0. The van der Waals surface area contributed by atoms with Crippen molar-refractivity contribution in [1.82, 2.24) is 30.6 Å². The molecular formula is C37H40N6. The molecule has 9 rings (SSSR count). The smallest absolute Gasteiger partial charge is 0.124 e. The van der Waals surface area contributed by atoms with E-state index >= 15 is 0 Å². The summed E-state index contributed by atoms with van der Waals surface area (Å²) in [5, 5.41) is 7.22. The van der Waals surface area contributed by atoms with Crippen molar-refractivity contribution in [2.75, 3.05) is 13.1 Å². The van der Waals surface area contributed by atoms with E-state index < -0.39 is 0 Å². The van der Waals surface area contributed by atoms with E-state index in [2.05, 4.69) is 89.0 Å². The van der Waals surface area contributed by atoms with Gasteiger partial charge in [-0.3, -0.25) is 0 Å². The first-order valence-electron chi connectivity index (χ1n) is 16.4. The average molecular weight is 569 g/mol. The van der Waals surface area contributed by atoms with Gasteiger partial charge >= 0.3 is 0 Å². The van der Waals surface area contributed by atoms with Crippen molar-refractivity contribution in [3.8, 4) is 33.5 Å². The standard InChI is InChI=1S/C37H40N6/c1-20-13-31(38-17-20)36-40-19-33(43-36)23-5-3-22(4-6-23)27-10-11-28(35-26-8-7-25(15-26)34(27)35)24-9-12-29-30(16-24)42-37(41-29)32-14-21(2)18-39-32/h3-6,9-12,16,19-21,25-26,31-32,38-39H,7-8,13-15,17-18H2,1-2H3,(H,40,43)(H,41,42). The number of imidazole rings is 2. The van der Waals surface area contributed by atoms with Crippen molar-refractivity contribution in [3.05, 3.63) is 83.6 Å². The van der Waals surface area contributed by atoms with Crippen LogP contribution in [-0.2, 0) is 0 Å². The topological polar surface area (TPSA) is 81.4 Å². The van der Waals surface area contributed by atoms with E-state index in [0.29, 0.717) is 35.8 Å². The van der Waals surface area contributed by atoms with Crippen LogP contribution in [0.2, 0.25) is 0 Å². The Morgan fingerprint density at radius 2 is 1.28 bits per heavy atom. The first kappa shape index (κ1) is 25.7. The van der Waals surface area contributed by atoms with Gasteiger partial charge in [-0.1, -0.05) is 56.3 Å². The zero-order valence-corrected chi connectivity index (χ0v) is 25.1. The first-order valence-corrected chi connectivity index (χ1v) is 16.4. The van der Waals surface area contributed by atoms with Crippen LogP contribution in [0.3, 0.4) is 0 Å². The lowest BCUT2D eigenvalue weighted by Gasteiger charge is -2.23. The predicted octanol–water partition coefficient (Wildman–Crippen LogP) is 7.99. The average Bonchev–Trinajstić information content (AvgIpc) is 3.87. The fourth-order valence-electron chi connectivity index (χ4n) is 8.62. The predicted molar refractivity (Wildman–Crippen MR) is 173 cm³/mol. The molecule has 6 atom stereocenters. The molecule has 1 saturated carbocycles. The molecular weight excluding hydrogens is 528 g/mol. The molecule has 3 fully saturated rings. The number of hydrogen-bond donors (Lipinski definition) is 4. The Morgan fingerprint density at radius 1 is 0.651 bits per heavy atom. The molecule has 6 nitrogen and oxygen atoms in total. The van der Waals surface area contributed by atoms with Gasteiger partial charge in [0.25, 0.3) is 0 Å². The minimum Gasteiger partial charge on any atom is -0.341 e. The molecule has 5 aromatic rings. The zero-order chi connectivity index (χ0) is 28.7. The Labute approximate surface area is 253 Å². The van der Waals surface area contributed by atoms with Crippen molar-refractivity contribution in [2.45, 2.75) is 69.9 Å². The fraction of sp³-hybridized carbons (Fsp3) is 0.405.